The molecule has 0 atom stereocenters. The molecule has 0 bridgehead atoms. The molecule has 1 aliphatic rings. The number of carbonyl (C=O) groups excluding carboxylic acids is 1. The number of carbonyl (C=O) groups is 1. The van der Waals surface area contributed by atoms with Crippen molar-refractivity contribution in [2.75, 3.05) is 19.6 Å². The van der Waals surface area contributed by atoms with E-state index in [0.717, 1.165) is 43.8 Å². The molecule has 2 aromatic rings. The van der Waals surface area contributed by atoms with E-state index >= 15 is 0 Å². The molecule has 122 valence electrons. The van der Waals surface area contributed by atoms with Crippen LogP contribution in [0, 0.1) is 5.92 Å². The van der Waals surface area contributed by atoms with Crippen molar-refractivity contribution in [3.8, 4) is 11.3 Å². The van der Waals surface area contributed by atoms with Crippen LogP contribution in [0.2, 0.25) is 0 Å². The molecule has 0 spiro atoms. The molecule has 1 aromatic carbocycles. The standard InChI is InChI=1S/C18H23N3O2/c19-12-14-8-10-21(11-9-14)18(22)7-6-17-20-13-16(23-17)15-4-2-1-3-5-15/h1-5,13-14H,6-12,19H2. The lowest BCUT2D eigenvalue weighted by Gasteiger charge is -2.31. The minimum atomic E-state index is 0.180. The molecule has 1 aliphatic heterocycles. The summed E-state index contributed by atoms with van der Waals surface area (Å²) in [6.07, 6.45) is 4.74. The van der Waals surface area contributed by atoms with Gasteiger partial charge in [-0.25, -0.2) is 4.98 Å². The van der Waals surface area contributed by atoms with E-state index in [2.05, 4.69) is 4.98 Å². The van der Waals surface area contributed by atoms with Crippen molar-refractivity contribution in [3.63, 3.8) is 0 Å². The first-order chi connectivity index (χ1) is 11.3. The predicted octanol–water partition coefficient (Wildman–Crippen LogP) is 2.47. The molecule has 23 heavy (non-hydrogen) atoms. The summed E-state index contributed by atoms with van der Waals surface area (Å²) in [7, 11) is 0. The molecule has 2 heterocycles. The van der Waals surface area contributed by atoms with Crippen LogP contribution < -0.4 is 5.73 Å². The Morgan fingerprint density at radius 3 is 2.70 bits per heavy atom. The molecule has 1 saturated heterocycles. The number of amides is 1. The minimum absolute atomic E-state index is 0.180. The molecule has 2 N–H and O–H groups in total. The molecule has 1 aromatic heterocycles. The lowest BCUT2D eigenvalue weighted by Crippen LogP contribution is -2.40. The number of piperidine rings is 1. The maximum atomic E-state index is 12.3. The number of benzene rings is 1. The maximum Gasteiger partial charge on any atom is 0.223 e. The number of aryl methyl sites for hydroxylation is 1. The number of rotatable bonds is 5. The fraction of sp³-hybridized carbons (Fsp3) is 0.444. The van der Waals surface area contributed by atoms with E-state index in [9.17, 15) is 4.79 Å². The van der Waals surface area contributed by atoms with E-state index in [1.165, 1.54) is 0 Å². The Hall–Kier alpha value is -2.14. The van der Waals surface area contributed by atoms with E-state index in [-0.39, 0.29) is 5.91 Å². The molecule has 1 amide bonds. The summed E-state index contributed by atoms with van der Waals surface area (Å²) < 4.78 is 5.74. The van der Waals surface area contributed by atoms with Gasteiger partial charge >= 0.3 is 0 Å². The number of likely N-dealkylation sites (tertiary alicyclic amines) is 1. The number of nitrogens with two attached hydrogens (primary N) is 1. The second-order valence-corrected chi connectivity index (χ2v) is 6.04. The number of aromatic nitrogens is 1. The Balaban J connectivity index is 1.51. The molecular formula is C18H23N3O2. The first-order valence-corrected chi connectivity index (χ1v) is 8.24. The van der Waals surface area contributed by atoms with Crippen LogP contribution in [0.3, 0.4) is 0 Å². The van der Waals surface area contributed by atoms with Gasteiger partial charge in [-0.05, 0) is 25.3 Å². The lowest BCUT2D eigenvalue weighted by molar-refractivity contribution is -0.132. The number of hydrogen-bond acceptors (Lipinski definition) is 4. The Bertz CT molecular complexity index is 631. The van der Waals surface area contributed by atoms with Gasteiger partial charge in [0.25, 0.3) is 0 Å². The van der Waals surface area contributed by atoms with Crippen LogP contribution >= 0.6 is 0 Å². The van der Waals surface area contributed by atoms with Crippen molar-refractivity contribution in [1.82, 2.24) is 9.88 Å². The van der Waals surface area contributed by atoms with Gasteiger partial charge in [0.05, 0.1) is 6.20 Å². The summed E-state index contributed by atoms with van der Waals surface area (Å²) in [5, 5.41) is 0. The van der Waals surface area contributed by atoms with Crippen molar-refractivity contribution >= 4 is 5.91 Å². The van der Waals surface area contributed by atoms with E-state index in [1.807, 2.05) is 35.2 Å². The summed E-state index contributed by atoms with van der Waals surface area (Å²) in [5.74, 6) is 2.12. The van der Waals surface area contributed by atoms with Crippen molar-refractivity contribution in [3.05, 3.63) is 42.4 Å². The van der Waals surface area contributed by atoms with E-state index < -0.39 is 0 Å². The molecule has 0 unspecified atom stereocenters. The monoisotopic (exact) mass is 313 g/mol. The third-order valence-corrected chi connectivity index (χ3v) is 4.47. The largest absolute Gasteiger partial charge is 0.441 e. The zero-order valence-corrected chi connectivity index (χ0v) is 13.3. The fourth-order valence-corrected chi connectivity index (χ4v) is 2.95. The third-order valence-electron chi connectivity index (χ3n) is 4.47. The summed E-state index contributed by atoms with van der Waals surface area (Å²) in [5.41, 5.74) is 6.69. The molecule has 1 fully saturated rings. The summed E-state index contributed by atoms with van der Waals surface area (Å²) in [6.45, 7) is 2.36. The molecule has 5 nitrogen and oxygen atoms in total. The quantitative estimate of drug-likeness (QED) is 0.920. The van der Waals surface area contributed by atoms with Crippen LogP contribution in [-0.2, 0) is 11.2 Å². The van der Waals surface area contributed by atoms with Crippen molar-refractivity contribution in [2.45, 2.75) is 25.7 Å². The molecular weight excluding hydrogens is 290 g/mol. The smallest absolute Gasteiger partial charge is 0.223 e. The van der Waals surface area contributed by atoms with Crippen LogP contribution in [0.15, 0.2) is 40.9 Å². The van der Waals surface area contributed by atoms with Gasteiger partial charge < -0.3 is 15.1 Å². The topological polar surface area (TPSA) is 72.4 Å². The van der Waals surface area contributed by atoms with E-state index in [0.29, 0.717) is 24.7 Å². The van der Waals surface area contributed by atoms with Crippen LogP contribution in [-0.4, -0.2) is 35.4 Å². The Labute approximate surface area is 136 Å². The highest BCUT2D eigenvalue weighted by Crippen LogP contribution is 2.21. The van der Waals surface area contributed by atoms with Crippen LogP contribution in [0.5, 0.6) is 0 Å². The third kappa shape index (κ3) is 3.99. The first-order valence-electron chi connectivity index (χ1n) is 8.24. The number of hydrogen-bond donors (Lipinski definition) is 1. The lowest BCUT2D eigenvalue weighted by atomic mass is 9.97. The van der Waals surface area contributed by atoms with Gasteiger partial charge in [0, 0.05) is 31.5 Å². The first kappa shape index (κ1) is 15.7. The Morgan fingerprint density at radius 1 is 1.26 bits per heavy atom. The highest BCUT2D eigenvalue weighted by atomic mass is 16.4. The van der Waals surface area contributed by atoms with Gasteiger partial charge in [-0.2, -0.15) is 0 Å². The van der Waals surface area contributed by atoms with Gasteiger partial charge in [-0.15, -0.1) is 0 Å². The van der Waals surface area contributed by atoms with Crippen LogP contribution in [0.4, 0.5) is 0 Å². The molecule has 3 rings (SSSR count). The van der Waals surface area contributed by atoms with Gasteiger partial charge in [-0.3, -0.25) is 4.79 Å². The second-order valence-electron chi connectivity index (χ2n) is 6.04. The Kier molecular flexibility index (Phi) is 5.08. The van der Waals surface area contributed by atoms with Crippen LogP contribution in [0.25, 0.3) is 11.3 Å². The second kappa shape index (κ2) is 7.42. The average molecular weight is 313 g/mol. The minimum Gasteiger partial charge on any atom is -0.441 e. The van der Waals surface area contributed by atoms with Gasteiger partial charge in [0.15, 0.2) is 11.7 Å². The average Bonchev–Trinajstić information content (AvgIpc) is 3.09. The van der Waals surface area contributed by atoms with Gasteiger partial charge in [-0.1, -0.05) is 30.3 Å². The fourth-order valence-electron chi connectivity index (χ4n) is 2.95. The molecule has 0 aliphatic carbocycles. The van der Waals surface area contributed by atoms with E-state index in [4.69, 9.17) is 10.2 Å². The SMILES string of the molecule is NCC1CCN(C(=O)CCc2ncc(-c3ccccc3)o2)CC1. The highest BCUT2D eigenvalue weighted by Gasteiger charge is 2.22. The van der Waals surface area contributed by atoms with Crippen molar-refractivity contribution in [1.29, 1.82) is 0 Å². The van der Waals surface area contributed by atoms with Crippen LogP contribution in [0.1, 0.15) is 25.2 Å². The highest BCUT2D eigenvalue weighted by molar-refractivity contribution is 5.76. The van der Waals surface area contributed by atoms with Gasteiger partial charge in [0.1, 0.15) is 0 Å². The summed E-state index contributed by atoms with van der Waals surface area (Å²) >= 11 is 0. The summed E-state index contributed by atoms with van der Waals surface area (Å²) in [6, 6.07) is 9.86. The maximum absolute atomic E-state index is 12.3. The van der Waals surface area contributed by atoms with E-state index in [1.54, 1.807) is 6.20 Å². The number of nitrogens with zero attached hydrogens (tertiary/aromatic N) is 2. The number of oxazole rings is 1. The predicted molar refractivity (Wildman–Crippen MR) is 88.6 cm³/mol. The zero-order valence-electron chi connectivity index (χ0n) is 13.3. The van der Waals surface area contributed by atoms with Crippen molar-refractivity contribution in [2.24, 2.45) is 11.7 Å². The molecule has 0 saturated carbocycles. The normalized spacial score (nSPS) is 15.8. The molecule has 0 radical (unpaired) electrons. The van der Waals surface area contributed by atoms with Crippen molar-refractivity contribution < 1.29 is 9.21 Å². The van der Waals surface area contributed by atoms with Gasteiger partial charge in [0.2, 0.25) is 5.91 Å². The zero-order chi connectivity index (χ0) is 16.1. The Morgan fingerprint density at radius 2 is 2.00 bits per heavy atom. The molecule has 5 heteroatoms. The summed E-state index contributed by atoms with van der Waals surface area (Å²) in [4.78, 5) is 18.5.